The van der Waals surface area contributed by atoms with Crippen molar-refractivity contribution in [3.8, 4) is 0 Å². The van der Waals surface area contributed by atoms with Gasteiger partial charge < -0.3 is 5.32 Å². The van der Waals surface area contributed by atoms with Crippen LogP contribution in [0.1, 0.15) is 15.9 Å². The molecule has 0 unspecified atom stereocenters. The van der Waals surface area contributed by atoms with Gasteiger partial charge >= 0.3 is 0 Å². The Kier molecular flexibility index (Phi) is 3.50. The van der Waals surface area contributed by atoms with Gasteiger partial charge in [-0.15, -0.1) is 0 Å². The molecule has 0 atom stereocenters. The van der Waals surface area contributed by atoms with Crippen molar-refractivity contribution in [2.75, 3.05) is 0 Å². The van der Waals surface area contributed by atoms with Gasteiger partial charge in [0, 0.05) is 17.7 Å². The first kappa shape index (κ1) is 11.3. The highest BCUT2D eigenvalue weighted by Gasteiger charge is 2.05. The van der Waals surface area contributed by atoms with Crippen molar-refractivity contribution >= 4 is 5.91 Å². The molecular weight excluding hydrogens is 217 g/mol. The van der Waals surface area contributed by atoms with Crippen LogP contribution >= 0.6 is 0 Å². The lowest BCUT2D eigenvalue weighted by Crippen LogP contribution is -2.23. The Balaban J connectivity index is 2.00. The smallest absolute Gasteiger partial charge is 0.251 e. The number of carbonyl (C=O) groups is 1. The van der Waals surface area contributed by atoms with Crippen molar-refractivity contribution in [3.05, 3.63) is 71.5 Å². The van der Waals surface area contributed by atoms with Crippen LogP contribution in [0.15, 0.2) is 54.6 Å². The summed E-state index contributed by atoms with van der Waals surface area (Å²) in [6.07, 6.45) is 0. The molecule has 0 heterocycles. The van der Waals surface area contributed by atoms with Gasteiger partial charge in [-0.05, 0) is 18.2 Å². The molecule has 2 rings (SSSR count). The lowest BCUT2D eigenvalue weighted by atomic mass is 10.2. The Bertz CT molecular complexity index is 511. The molecule has 86 valence electrons. The van der Waals surface area contributed by atoms with Crippen LogP contribution in [0.2, 0.25) is 0 Å². The van der Waals surface area contributed by atoms with Gasteiger partial charge in [0.15, 0.2) is 0 Å². The van der Waals surface area contributed by atoms with Gasteiger partial charge in [0.2, 0.25) is 0 Å². The van der Waals surface area contributed by atoms with Crippen molar-refractivity contribution in [3.63, 3.8) is 0 Å². The van der Waals surface area contributed by atoms with E-state index in [1.165, 1.54) is 6.07 Å². The molecule has 0 radical (unpaired) electrons. The molecule has 0 aromatic heterocycles. The quantitative estimate of drug-likeness (QED) is 0.861. The van der Waals surface area contributed by atoms with Gasteiger partial charge in [-0.25, -0.2) is 4.39 Å². The van der Waals surface area contributed by atoms with Gasteiger partial charge in [0.1, 0.15) is 5.82 Å². The summed E-state index contributed by atoms with van der Waals surface area (Å²) in [5.74, 6) is -0.505. The van der Waals surface area contributed by atoms with Gasteiger partial charge in [-0.3, -0.25) is 4.79 Å². The fraction of sp³-hybridized carbons (Fsp3) is 0.0714. The van der Waals surface area contributed by atoms with Crippen LogP contribution < -0.4 is 5.32 Å². The normalized spacial score (nSPS) is 9.94. The monoisotopic (exact) mass is 229 g/mol. The highest BCUT2D eigenvalue weighted by molar-refractivity contribution is 5.94. The van der Waals surface area contributed by atoms with Crippen LogP contribution in [0, 0.1) is 5.82 Å². The number of nitrogens with one attached hydrogen (secondary N) is 1. The van der Waals surface area contributed by atoms with Crippen molar-refractivity contribution in [1.82, 2.24) is 5.32 Å². The molecule has 3 heteroatoms. The predicted octanol–water partition coefficient (Wildman–Crippen LogP) is 2.76. The first-order valence-corrected chi connectivity index (χ1v) is 5.34. The van der Waals surface area contributed by atoms with E-state index in [-0.39, 0.29) is 18.3 Å². The van der Waals surface area contributed by atoms with Gasteiger partial charge in [0.25, 0.3) is 5.91 Å². The minimum absolute atomic E-state index is 0.195. The minimum Gasteiger partial charge on any atom is -0.348 e. The Morgan fingerprint density at radius 1 is 1.00 bits per heavy atom. The molecule has 0 saturated heterocycles. The van der Waals surface area contributed by atoms with Crippen molar-refractivity contribution in [2.24, 2.45) is 0 Å². The first-order valence-electron chi connectivity index (χ1n) is 5.34. The lowest BCUT2D eigenvalue weighted by Gasteiger charge is -2.05. The van der Waals surface area contributed by atoms with Crippen LogP contribution in [0.5, 0.6) is 0 Å². The Morgan fingerprint density at radius 2 is 1.65 bits per heavy atom. The van der Waals surface area contributed by atoms with E-state index in [0.717, 1.165) is 0 Å². The molecule has 0 aliphatic heterocycles. The lowest BCUT2D eigenvalue weighted by molar-refractivity contribution is 0.0950. The average Bonchev–Trinajstić information content (AvgIpc) is 2.38. The van der Waals surface area contributed by atoms with Crippen LogP contribution in [-0.4, -0.2) is 5.91 Å². The summed E-state index contributed by atoms with van der Waals surface area (Å²) in [7, 11) is 0. The van der Waals surface area contributed by atoms with Crippen molar-refractivity contribution < 1.29 is 9.18 Å². The molecule has 0 spiro atoms. The fourth-order valence-corrected chi connectivity index (χ4v) is 1.51. The summed E-state index contributed by atoms with van der Waals surface area (Å²) in [6.45, 7) is 0.195. The number of rotatable bonds is 3. The summed E-state index contributed by atoms with van der Waals surface area (Å²) in [5, 5.41) is 2.68. The maximum atomic E-state index is 13.3. The number of halogens is 1. The molecule has 1 N–H and O–H groups in total. The topological polar surface area (TPSA) is 29.1 Å². The molecule has 0 bridgehead atoms. The second-order valence-corrected chi connectivity index (χ2v) is 3.64. The summed E-state index contributed by atoms with van der Waals surface area (Å²) in [6, 6.07) is 15.3. The molecule has 0 aliphatic rings. The van der Waals surface area contributed by atoms with Gasteiger partial charge in [-0.2, -0.15) is 0 Å². The second kappa shape index (κ2) is 5.25. The number of amides is 1. The van der Waals surface area contributed by atoms with E-state index in [0.29, 0.717) is 11.1 Å². The number of hydrogen-bond donors (Lipinski definition) is 1. The number of hydrogen-bond acceptors (Lipinski definition) is 1. The zero-order valence-electron chi connectivity index (χ0n) is 9.19. The zero-order valence-corrected chi connectivity index (χ0v) is 9.19. The highest BCUT2D eigenvalue weighted by atomic mass is 19.1. The maximum Gasteiger partial charge on any atom is 0.251 e. The third kappa shape index (κ3) is 2.91. The fourth-order valence-electron chi connectivity index (χ4n) is 1.51. The van der Waals surface area contributed by atoms with Gasteiger partial charge in [-0.1, -0.05) is 36.4 Å². The third-order valence-electron chi connectivity index (χ3n) is 2.43. The average molecular weight is 229 g/mol. The second-order valence-electron chi connectivity index (χ2n) is 3.64. The molecule has 1 amide bonds. The third-order valence-corrected chi connectivity index (χ3v) is 2.43. The summed E-state index contributed by atoms with van der Waals surface area (Å²) < 4.78 is 13.3. The number of carbonyl (C=O) groups excluding carboxylic acids is 1. The Hall–Kier alpha value is -2.16. The molecule has 0 saturated carbocycles. The summed E-state index contributed by atoms with van der Waals surface area (Å²) in [4.78, 5) is 11.7. The standard InChI is InChI=1S/C14H12FNO/c15-13-9-5-4-8-12(13)10-16-14(17)11-6-2-1-3-7-11/h1-9H,10H2,(H,16,17). The zero-order chi connectivity index (χ0) is 12.1. The predicted molar refractivity (Wildman–Crippen MR) is 64.0 cm³/mol. The van der Waals surface area contributed by atoms with E-state index in [1.807, 2.05) is 6.07 Å². The first-order chi connectivity index (χ1) is 8.27. The van der Waals surface area contributed by atoms with E-state index >= 15 is 0 Å². The number of benzene rings is 2. The molecule has 2 aromatic rings. The molecule has 2 nitrogen and oxygen atoms in total. The molecular formula is C14H12FNO. The maximum absolute atomic E-state index is 13.3. The SMILES string of the molecule is O=C(NCc1ccccc1F)c1ccccc1. The van der Waals surface area contributed by atoms with Crippen LogP contribution in [0.25, 0.3) is 0 Å². The van der Waals surface area contributed by atoms with Crippen LogP contribution in [0.4, 0.5) is 4.39 Å². The van der Waals surface area contributed by atoms with Gasteiger partial charge in [0.05, 0.1) is 0 Å². The molecule has 17 heavy (non-hydrogen) atoms. The van der Waals surface area contributed by atoms with Crippen molar-refractivity contribution in [1.29, 1.82) is 0 Å². The van der Waals surface area contributed by atoms with E-state index in [1.54, 1.807) is 42.5 Å². The van der Waals surface area contributed by atoms with E-state index < -0.39 is 0 Å². The largest absolute Gasteiger partial charge is 0.348 e. The van der Waals surface area contributed by atoms with Crippen molar-refractivity contribution in [2.45, 2.75) is 6.54 Å². The van der Waals surface area contributed by atoms with Crippen LogP contribution in [0.3, 0.4) is 0 Å². The molecule has 0 aliphatic carbocycles. The Morgan fingerprint density at radius 3 is 2.35 bits per heavy atom. The highest BCUT2D eigenvalue weighted by Crippen LogP contribution is 2.06. The molecule has 2 aromatic carbocycles. The van der Waals surface area contributed by atoms with E-state index in [2.05, 4.69) is 5.32 Å². The molecule has 0 fully saturated rings. The summed E-state index contributed by atoms with van der Waals surface area (Å²) >= 11 is 0. The minimum atomic E-state index is -0.305. The Labute approximate surface area is 99.1 Å². The summed E-state index contributed by atoms with van der Waals surface area (Å²) in [5.41, 5.74) is 1.06. The van der Waals surface area contributed by atoms with E-state index in [4.69, 9.17) is 0 Å². The van der Waals surface area contributed by atoms with Crippen LogP contribution in [-0.2, 0) is 6.54 Å². The van der Waals surface area contributed by atoms with E-state index in [9.17, 15) is 9.18 Å².